The first-order valence-corrected chi connectivity index (χ1v) is 9.33. The molecule has 0 unspecified atom stereocenters. The van der Waals surface area contributed by atoms with Crippen molar-refractivity contribution in [3.8, 4) is 0 Å². The van der Waals surface area contributed by atoms with E-state index in [0.29, 0.717) is 6.04 Å². The molecule has 0 aromatic rings. The van der Waals surface area contributed by atoms with Gasteiger partial charge in [0, 0.05) is 12.1 Å². The molecule has 2 N–H and O–H groups in total. The number of carbonyl (C=O) groups is 2. The lowest BCUT2D eigenvalue weighted by molar-refractivity contribution is -0.138. The molecular formula is C18H30N2O2. The zero-order valence-electron chi connectivity index (χ0n) is 13.7. The number of rotatable bonds is 4. The van der Waals surface area contributed by atoms with E-state index in [1.165, 1.54) is 44.9 Å². The molecule has 0 radical (unpaired) electrons. The number of carbonyl (C=O) groups excluding carboxylic acids is 2. The fraction of sp³-hybridized carbons (Fsp3) is 0.889. The Morgan fingerprint density at radius 3 is 1.36 bits per heavy atom. The van der Waals surface area contributed by atoms with Crippen molar-refractivity contribution >= 4 is 11.8 Å². The van der Waals surface area contributed by atoms with E-state index >= 15 is 0 Å². The van der Waals surface area contributed by atoms with Crippen LogP contribution in [0, 0.1) is 5.41 Å². The van der Waals surface area contributed by atoms with Gasteiger partial charge in [-0.05, 0) is 38.5 Å². The van der Waals surface area contributed by atoms with E-state index in [2.05, 4.69) is 10.6 Å². The summed E-state index contributed by atoms with van der Waals surface area (Å²) in [6.07, 6.45) is 14.4. The molecule has 3 aliphatic rings. The minimum absolute atomic E-state index is 0.00675. The monoisotopic (exact) mass is 306 g/mol. The Balaban J connectivity index is 1.52. The first-order valence-electron chi connectivity index (χ1n) is 9.33. The summed E-state index contributed by atoms with van der Waals surface area (Å²) in [4.78, 5) is 25.2. The molecule has 22 heavy (non-hydrogen) atoms. The minimum atomic E-state index is -0.732. The van der Waals surface area contributed by atoms with Gasteiger partial charge in [0.25, 0.3) is 0 Å². The zero-order valence-corrected chi connectivity index (χ0v) is 13.7. The van der Waals surface area contributed by atoms with E-state index < -0.39 is 5.41 Å². The van der Waals surface area contributed by atoms with Gasteiger partial charge in [-0.25, -0.2) is 0 Å². The average molecular weight is 306 g/mol. The van der Waals surface area contributed by atoms with E-state index in [9.17, 15) is 9.59 Å². The molecule has 0 atom stereocenters. The maximum absolute atomic E-state index is 12.6. The van der Waals surface area contributed by atoms with Gasteiger partial charge in [0.15, 0.2) is 0 Å². The molecule has 3 saturated carbocycles. The maximum atomic E-state index is 12.6. The second kappa shape index (κ2) is 7.01. The first-order chi connectivity index (χ1) is 10.7. The second-order valence-electron chi connectivity index (χ2n) is 7.55. The van der Waals surface area contributed by atoms with Crippen LogP contribution in [0.15, 0.2) is 0 Å². The summed E-state index contributed by atoms with van der Waals surface area (Å²) in [6, 6.07) is 0.583. The molecule has 3 rings (SSSR count). The summed E-state index contributed by atoms with van der Waals surface area (Å²) >= 11 is 0. The van der Waals surface area contributed by atoms with Crippen LogP contribution in [-0.2, 0) is 9.59 Å². The van der Waals surface area contributed by atoms with Crippen LogP contribution >= 0.6 is 0 Å². The highest BCUT2D eigenvalue weighted by Gasteiger charge is 2.57. The molecule has 124 valence electrons. The molecular weight excluding hydrogens is 276 g/mol. The Morgan fingerprint density at radius 1 is 0.636 bits per heavy atom. The molecule has 0 bridgehead atoms. The van der Waals surface area contributed by atoms with Crippen molar-refractivity contribution in [3.05, 3.63) is 0 Å². The van der Waals surface area contributed by atoms with Crippen molar-refractivity contribution in [2.45, 2.75) is 95.6 Å². The summed E-state index contributed by atoms with van der Waals surface area (Å²) < 4.78 is 0. The van der Waals surface area contributed by atoms with E-state index in [4.69, 9.17) is 0 Å². The van der Waals surface area contributed by atoms with Gasteiger partial charge in [-0.1, -0.05) is 44.9 Å². The highest BCUT2D eigenvalue weighted by Crippen LogP contribution is 2.46. The van der Waals surface area contributed by atoms with Crippen LogP contribution in [0.3, 0.4) is 0 Å². The number of hydrogen-bond acceptors (Lipinski definition) is 2. The molecule has 0 saturated heterocycles. The van der Waals surface area contributed by atoms with Gasteiger partial charge in [0.05, 0.1) is 0 Å². The summed E-state index contributed by atoms with van der Waals surface area (Å²) in [7, 11) is 0. The fourth-order valence-corrected chi connectivity index (χ4v) is 4.00. The summed E-state index contributed by atoms with van der Waals surface area (Å²) in [5.41, 5.74) is -0.732. The number of nitrogens with one attached hydrogen (secondary N) is 2. The van der Waals surface area contributed by atoms with Gasteiger partial charge in [-0.3, -0.25) is 9.59 Å². The normalized spacial score (nSPS) is 26.0. The van der Waals surface area contributed by atoms with Crippen molar-refractivity contribution in [2.75, 3.05) is 0 Å². The molecule has 0 aromatic heterocycles. The first kappa shape index (κ1) is 15.8. The Hall–Kier alpha value is -1.06. The van der Waals surface area contributed by atoms with Crippen molar-refractivity contribution < 1.29 is 9.59 Å². The van der Waals surface area contributed by atoms with Gasteiger partial charge < -0.3 is 10.6 Å². The third-order valence-electron chi connectivity index (χ3n) is 5.75. The third-order valence-corrected chi connectivity index (χ3v) is 5.75. The SMILES string of the molecule is O=C(NC1CCCCCC1)C1(C(=O)NC2CCCCC2)CC1. The van der Waals surface area contributed by atoms with Crippen LogP contribution < -0.4 is 10.6 Å². The van der Waals surface area contributed by atoms with Crippen LogP contribution in [0.4, 0.5) is 0 Å². The van der Waals surface area contributed by atoms with E-state index in [0.717, 1.165) is 38.5 Å². The average Bonchev–Trinajstić information content (AvgIpc) is 3.34. The van der Waals surface area contributed by atoms with Gasteiger partial charge in [0.1, 0.15) is 5.41 Å². The van der Waals surface area contributed by atoms with E-state index in [1.807, 2.05) is 0 Å². The second-order valence-corrected chi connectivity index (χ2v) is 7.55. The Bertz CT molecular complexity index is 403. The van der Waals surface area contributed by atoms with Crippen molar-refractivity contribution in [2.24, 2.45) is 5.41 Å². The predicted octanol–water partition coefficient (Wildman–Crippen LogP) is 3.05. The van der Waals surface area contributed by atoms with Crippen LogP contribution in [0.2, 0.25) is 0 Å². The van der Waals surface area contributed by atoms with Crippen LogP contribution in [0.25, 0.3) is 0 Å². The fourth-order valence-electron chi connectivity index (χ4n) is 4.00. The summed E-state index contributed by atoms with van der Waals surface area (Å²) in [6.45, 7) is 0. The Labute approximate surface area is 133 Å². The summed E-state index contributed by atoms with van der Waals surface area (Å²) in [5, 5.41) is 6.33. The topological polar surface area (TPSA) is 58.2 Å². The lowest BCUT2D eigenvalue weighted by Gasteiger charge is -2.26. The molecule has 0 aromatic carbocycles. The van der Waals surface area contributed by atoms with Crippen molar-refractivity contribution in [1.82, 2.24) is 10.6 Å². The maximum Gasteiger partial charge on any atom is 0.235 e. The zero-order chi connectivity index (χ0) is 15.4. The van der Waals surface area contributed by atoms with Gasteiger partial charge in [0.2, 0.25) is 11.8 Å². The molecule has 0 heterocycles. The molecule has 4 heteroatoms. The van der Waals surface area contributed by atoms with Crippen LogP contribution in [0.5, 0.6) is 0 Å². The summed E-state index contributed by atoms with van der Waals surface area (Å²) in [5.74, 6) is -0.0155. The molecule has 0 aliphatic heterocycles. The highest BCUT2D eigenvalue weighted by atomic mass is 16.2. The van der Waals surface area contributed by atoms with Crippen LogP contribution in [0.1, 0.15) is 83.5 Å². The van der Waals surface area contributed by atoms with Crippen molar-refractivity contribution in [1.29, 1.82) is 0 Å². The van der Waals surface area contributed by atoms with Gasteiger partial charge >= 0.3 is 0 Å². The molecule has 4 nitrogen and oxygen atoms in total. The molecule has 2 amide bonds. The highest BCUT2D eigenvalue weighted by molar-refractivity contribution is 6.08. The lowest BCUT2D eigenvalue weighted by Crippen LogP contribution is -2.49. The quantitative estimate of drug-likeness (QED) is 0.619. The number of hydrogen-bond donors (Lipinski definition) is 2. The number of amides is 2. The Kier molecular flexibility index (Phi) is 5.04. The lowest BCUT2D eigenvalue weighted by atomic mass is 9.94. The van der Waals surface area contributed by atoms with E-state index in [-0.39, 0.29) is 17.9 Å². The standard InChI is InChI=1S/C18H30N2O2/c21-16(19-14-8-4-1-2-5-9-14)18(12-13-18)17(22)20-15-10-6-3-7-11-15/h14-15H,1-13H2,(H,19,21)(H,20,22). The van der Waals surface area contributed by atoms with Gasteiger partial charge in [-0.15, -0.1) is 0 Å². The van der Waals surface area contributed by atoms with Crippen LogP contribution in [-0.4, -0.2) is 23.9 Å². The van der Waals surface area contributed by atoms with Crippen molar-refractivity contribution in [3.63, 3.8) is 0 Å². The molecule has 3 aliphatic carbocycles. The third kappa shape index (κ3) is 3.64. The largest absolute Gasteiger partial charge is 0.352 e. The van der Waals surface area contributed by atoms with Gasteiger partial charge in [-0.2, -0.15) is 0 Å². The molecule has 3 fully saturated rings. The Morgan fingerprint density at radius 2 is 1.00 bits per heavy atom. The smallest absolute Gasteiger partial charge is 0.235 e. The van der Waals surface area contributed by atoms with E-state index in [1.54, 1.807) is 0 Å². The minimum Gasteiger partial charge on any atom is -0.352 e. The molecule has 0 spiro atoms. The predicted molar refractivity (Wildman–Crippen MR) is 86.3 cm³/mol.